The van der Waals surface area contributed by atoms with E-state index in [4.69, 9.17) is 5.73 Å². The molecule has 0 aliphatic carbocycles. The quantitative estimate of drug-likeness (QED) is 0.680. The summed E-state index contributed by atoms with van der Waals surface area (Å²) < 4.78 is 0. The number of hydrogen-bond acceptors (Lipinski definition) is 3. The van der Waals surface area contributed by atoms with Gasteiger partial charge in [-0.25, -0.2) is 4.98 Å². The maximum Gasteiger partial charge on any atom is 0.153 e. The van der Waals surface area contributed by atoms with Crippen LogP contribution in [0.1, 0.15) is 19.0 Å². The van der Waals surface area contributed by atoms with E-state index in [0.29, 0.717) is 12.8 Å². The van der Waals surface area contributed by atoms with Crippen LogP contribution >= 0.6 is 0 Å². The molecule has 0 saturated carbocycles. The molecule has 0 aromatic carbocycles. The van der Waals surface area contributed by atoms with Crippen molar-refractivity contribution in [2.75, 3.05) is 0 Å². The summed E-state index contributed by atoms with van der Waals surface area (Å²) in [5.74, 6) is 0.0534. The first-order valence-corrected chi connectivity index (χ1v) is 4.60. The molecule has 0 fully saturated rings. The third-order valence-corrected chi connectivity index (χ3v) is 1.96. The average Bonchev–Trinajstić information content (AvgIpc) is 2.66. The number of imidazole rings is 1. The summed E-state index contributed by atoms with van der Waals surface area (Å²) in [6.45, 7) is 1.88. The van der Waals surface area contributed by atoms with Crippen LogP contribution in [0, 0.1) is 0 Å². The van der Waals surface area contributed by atoms with Gasteiger partial charge < -0.3 is 10.7 Å². The van der Waals surface area contributed by atoms with Crippen LogP contribution in [0.15, 0.2) is 24.7 Å². The lowest BCUT2D eigenvalue weighted by atomic mass is 10.1. The van der Waals surface area contributed by atoms with Crippen molar-refractivity contribution in [3.63, 3.8) is 0 Å². The average molecular weight is 193 g/mol. The summed E-state index contributed by atoms with van der Waals surface area (Å²) >= 11 is 0. The Bertz CT molecular complexity index is 303. The standard InChI is InChI=1S/C10H15N3O/c1-2-3-4-10(14)9(11)5-8-6-12-7-13-8/h2-3,6-7,9H,4-5,11H2,1H3,(H,12,13)/t9-/m0/s1. The molecule has 4 heteroatoms. The number of nitrogens with zero attached hydrogens (tertiary/aromatic N) is 1. The van der Waals surface area contributed by atoms with Gasteiger partial charge in [0.05, 0.1) is 12.4 Å². The highest BCUT2D eigenvalue weighted by atomic mass is 16.1. The third-order valence-electron chi connectivity index (χ3n) is 1.96. The first-order chi connectivity index (χ1) is 6.74. The molecule has 3 N–H and O–H groups in total. The van der Waals surface area contributed by atoms with E-state index >= 15 is 0 Å². The van der Waals surface area contributed by atoms with E-state index in [1.165, 1.54) is 0 Å². The molecule has 0 aliphatic heterocycles. The molecule has 0 bridgehead atoms. The molecule has 0 amide bonds. The normalized spacial score (nSPS) is 13.3. The number of H-pyrrole nitrogens is 1. The summed E-state index contributed by atoms with van der Waals surface area (Å²) in [6, 6.07) is -0.438. The van der Waals surface area contributed by atoms with E-state index in [0.717, 1.165) is 5.69 Å². The van der Waals surface area contributed by atoms with Gasteiger partial charge in [0.1, 0.15) is 0 Å². The van der Waals surface area contributed by atoms with Crippen LogP contribution < -0.4 is 5.73 Å². The number of Topliss-reactive ketones (excluding diaryl/α,β-unsaturated/α-hetero) is 1. The Morgan fingerprint density at radius 3 is 3.14 bits per heavy atom. The largest absolute Gasteiger partial charge is 0.348 e. The molecule has 0 radical (unpaired) electrons. The number of hydrogen-bond donors (Lipinski definition) is 2. The molecule has 1 rings (SSSR count). The number of nitrogens with one attached hydrogen (secondary N) is 1. The maximum atomic E-state index is 11.4. The Balaban J connectivity index is 2.41. The fourth-order valence-corrected chi connectivity index (χ4v) is 1.13. The number of aromatic nitrogens is 2. The summed E-state index contributed by atoms with van der Waals surface area (Å²) in [5, 5.41) is 0. The zero-order chi connectivity index (χ0) is 10.4. The van der Waals surface area contributed by atoms with E-state index < -0.39 is 6.04 Å². The molecule has 76 valence electrons. The van der Waals surface area contributed by atoms with Crippen molar-refractivity contribution >= 4 is 5.78 Å². The Morgan fingerprint density at radius 1 is 1.79 bits per heavy atom. The van der Waals surface area contributed by atoms with E-state index in [9.17, 15) is 4.79 Å². The van der Waals surface area contributed by atoms with E-state index in [-0.39, 0.29) is 5.78 Å². The van der Waals surface area contributed by atoms with Gasteiger partial charge >= 0.3 is 0 Å². The molecular weight excluding hydrogens is 178 g/mol. The minimum atomic E-state index is -0.438. The van der Waals surface area contributed by atoms with Crippen LogP contribution in [0.4, 0.5) is 0 Å². The molecule has 0 saturated heterocycles. The Kier molecular flexibility index (Phi) is 4.07. The number of allylic oxidation sites excluding steroid dienone is 2. The number of ketones is 1. The molecule has 1 aromatic heterocycles. The molecule has 0 unspecified atom stereocenters. The molecule has 1 aromatic rings. The van der Waals surface area contributed by atoms with Gasteiger partial charge in [-0.1, -0.05) is 12.2 Å². The number of carbonyl (C=O) groups excluding carboxylic acids is 1. The van der Waals surface area contributed by atoms with Gasteiger partial charge in [0.2, 0.25) is 0 Å². The molecule has 0 spiro atoms. The topological polar surface area (TPSA) is 71.8 Å². The summed E-state index contributed by atoms with van der Waals surface area (Å²) in [5.41, 5.74) is 6.61. The van der Waals surface area contributed by atoms with Gasteiger partial charge in [-0.3, -0.25) is 4.79 Å². The van der Waals surface area contributed by atoms with Crippen LogP contribution in [-0.2, 0) is 11.2 Å². The van der Waals surface area contributed by atoms with Crippen molar-refractivity contribution in [1.82, 2.24) is 9.97 Å². The SMILES string of the molecule is CC=CCC(=O)[C@@H](N)Cc1cnc[nH]1. The van der Waals surface area contributed by atoms with Crippen molar-refractivity contribution in [3.05, 3.63) is 30.4 Å². The molecule has 1 heterocycles. The predicted molar refractivity (Wildman–Crippen MR) is 54.7 cm³/mol. The molecule has 4 nitrogen and oxygen atoms in total. The van der Waals surface area contributed by atoms with E-state index in [1.807, 2.05) is 19.1 Å². The first kappa shape index (κ1) is 10.7. The van der Waals surface area contributed by atoms with Crippen LogP contribution in [0.3, 0.4) is 0 Å². The lowest BCUT2D eigenvalue weighted by Crippen LogP contribution is -2.32. The smallest absolute Gasteiger partial charge is 0.153 e. The molecule has 0 aliphatic rings. The van der Waals surface area contributed by atoms with Crippen LogP contribution in [0.2, 0.25) is 0 Å². The summed E-state index contributed by atoms with van der Waals surface area (Å²) in [7, 11) is 0. The summed E-state index contributed by atoms with van der Waals surface area (Å²) in [4.78, 5) is 18.2. The molecule has 14 heavy (non-hydrogen) atoms. The van der Waals surface area contributed by atoms with Gasteiger partial charge in [0.25, 0.3) is 0 Å². The first-order valence-electron chi connectivity index (χ1n) is 4.60. The van der Waals surface area contributed by atoms with Crippen LogP contribution in [0.5, 0.6) is 0 Å². The minimum absolute atomic E-state index is 0.0534. The van der Waals surface area contributed by atoms with Crippen molar-refractivity contribution in [2.45, 2.75) is 25.8 Å². The van der Waals surface area contributed by atoms with Gasteiger partial charge in [0, 0.05) is 24.7 Å². The predicted octanol–water partition coefficient (Wildman–Crippen LogP) is 0.815. The second-order valence-corrected chi connectivity index (χ2v) is 3.13. The highest BCUT2D eigenvalue weighted by Gasteiger charge is 2.12. The zero-order valence-electron chi connectivity index (χ0n) is 8.23. The number of carbonyl (C=O) groups is 1. The van der Waals surface area contributed by atoms with Crippen molar-refractivity contribution in [1.29, 1.82) is 0 Å². The van der Waals surface area contributed by atoms with Crippen molar-refractivity contribution in [3.8, 4) is 0 Å². The Labute approximate surface area is 83.2 Å². The lowest BCUT2D eigenvalue weighted by Gasteiger charge is -2.06. The van der Waals surface area contributed by atoms with E-state index in [2.05, 4.69) is 9.97 Å². The zero-order valence-corrected chi connectivity index (χ0v) is 8.23. The number of rotatable bonds is 5. The van der Waals surface area contributed by atoms with Gasteiger partial charge in [-0.05, 0) is 6.92 Å². The molecule has 1 atom stereocenters. The van der Waals surface area contributed by atoms with E-state index in [1.54, 1.807) is 12.5 Å². The minimum Gasteiger partial charge on any atom is -0.348 e. The van der Waals surface area contributed by atoms with Crippen LogP contribution in [-0.4, -0.2) is 21.8 Å². The fourth-order valence-electron chi connectivity index (χ4n) is 1.13. The third kappa shape index (κ3) is 3.14. The highest BCUT2D eigenvalue weighted by Crippen LogP contribution is 1.99. The van der Waals surface area contributed by atoms with Crippen LogP contribution in [0.25, 0.3) is 0 Å². The van der Waals surface area contributed by atoms with Crippen molar-refractivity contribution < 1.29 is 4.79 Å². The number of aromatic amines is 1. The van der Waals surface area contributed by atoms with Gasteiger partial charge in [-0.2, -0.15) is 0 Å². The lowest BCUT2D eigenvalue weighted by molar-refractivity contribution is -0.119. The van der Waals surface area contributed by atoms with Crippen molar-refractivity contribution in [2.24, 2.45) is 5.73 Å². The number of nitrogens with two attached hydrogens (primary N) is 1. The Hall–Kier alpha value is -1.42. The second-order valence-electron chi connectivity index (χ2n) is 3.13. The highest BCUT2D eigenvalue weighted by molar-refractivity contribution is 5.85. The Morgan fingerprint density at radius 2 is 2.57 bits per heavy atom. The van der Waals surface area contributed by atoms with Gasteiger partial charge in [0.15, 0.2) is 5.78 Å². The second kappa shape index (κ2) is 5.34. The summed E-state index contributed by atoms with van der Waals surface area (Å²) in [6.07, 6.45) is 7.86. The molecular formula is C10H15N3O. The maximum absolute atomic E-state index is 11.4. The fraction of sp³-hybridized carbons (Fsp3) is 0.400. The monoisotopic (exact) mass is 193 g/mol. The van der Waals surface area contributed by atoms with Gasteiger partial charge in [-0.15, -0.1) is 0 Å².